The van der Waals surface area contributed by atoms with Gasteiger partial charge in [-0.3, -0.25) is 4.79 Å². The number of likely N-dealkylation sites (N-methyl/N-ethyl adjacent to an activating group) is 1. The van der Waals surface area contributed by atoms with Gasteiger partial charge in [0.1, 0.15) is 0 Å². The zero-order valence-corrected chi connectivity index (χ0v) is 17.8. The Hall–Kier alpha value is -1.82. The van der Waals surface area contributed by atoms with E-state index in [4.69, 9.17) is 9.47 Å². The summed E-state index contributed by atoms with van der Waals surface area (Å²) in [4.78, 5) is 16.6. The van der Waals surface area contributed by atoms with E-state index < -0.39 is 5.41 Å². The van der Waals surface area contributed by atoms with Gasteiger partial charge in [-0.2, -0.15) is 0 Å². The number of carbonyl (C=O) groups excluding carboxylic acids is 1. The Kier molecular flexibility index (Phi) is 5.02. The molecule has 0 aromatic heterocycles. The van der Waals surface area contributed by atoms with Crippen LogP contribution in [0, 0.1) is 0 Å². The molecule has 0 atom stereocenters. The first-order valence-corrected chi connectivity index (χ1v) is 10.5. The molecule has 0 saturated carbocycles. The molecule has 2 heterocycles. The number of carbonyl (C=O) groups is 1. The number of nitrogens with zero attached hydrogens (tertiary/aromatic N) is 1. The summed E-state index contributed by atoms with van der Waals surface area (Å²) in [6.07, 6.45) is 1.75. The average molecular weight is 398 g/mol. The molecule has 148 valence electrons. The molecule has 0 unspecified atom stereocenters. The van der Waals surface area contributed by atoms with Crippen molar-refractivity contribution in [2.75, 3.05) is 32.3 Å². The first-order chi connectivity index (χ1) is 13.4. The van der Waals surface area contributed by atoms with Gasteiger partial charge in [-0.05, 0) is 55.3 Å². The highest BCUT2D eigenvalue weighted by molar-refractivity contribution is 7.99. The molecule has 1 fully saturated rings. The zero-order valence-electron chi connectivity index (χ0n) is 17.0. The summed E-state index contributed by atoms with van der Waals surface area (Å²) in [6, 6.07) is 14.9. The SMILES string of the molecule is COC1(c2cccc(Sc3ccc4c(c3)C(C)(C)C(=O)N4C)c2)CCOCC1. The Bertz CT molecular complexity index is 902. The molecule has 0 aliphatic carbocycles. The largest absolute Gasteiger partial charge is 0.381 e. The fourth-order valence-corrected chi connectivity index (χ4v) is 5.22. The smallest absolute Gasteiger partial charge is 0.236 e. The van der Waals surface area contributed by atoms with Crippen LogP contribution < -0.4 is 4.90 Å². The molecular formula is C23H27NO3S. The lowest BCUT2D eigenvalue weighted by Gasteiger charge is -2.36. The number of methoxy groups -OCH3 is 1. The normalized spacial score (nSPS) is 20.3. The number of hydrogen-bond donors (Lipinski definition) is 0. The Morgan fingerprint density at radius 2 is 1.79 bits per heavy atom. The van der Waals surface area contributed by atoms with Gasteiger partial charge < -0.3 is 14.4 Å². The molecule has 4 rings (SSSR count). The topological polar surface area (TPSA) is 38.8 Å². The Balaban J connectivity index is 1.63. The van der Waals surface area contributed by atoms with E-state index in [9.17, 15) is 4.79 Å². The van der Waals surface area contributed by atoms with Crippen LogP contribution >= 0.6 is 11.8 Å². The minimum Gasteiger partial charge on any atom is -0.381 e. The summed E-state index contributed by atoms with van der Waals surface area (Å²) in [7, 11) is 3.64. The lowest BCUT2D eigenvalue weighted by molar-refractivity contribution is -0.121. The van der Waals surface area contributed by atoms with Crippen molar-refractivity contribution in [1.82, 2.24) is 0 Å². The molecule has 0 radical (unpaired) electrons. The monoisotopic (exact) mass is 397 g/mol. The Morgan fingerprint density at radius 3 is 2.50 bits per heavy atom. The summed E-state index contributed by atoms with van der Waals surface area (Å²) < 4.78 is 11.5. The molecule has 5 heteroatoms. The maximum Gasteiger partial charge on any atom is 0.236 e. The first-order valence-electron chi connectivity index (χ1n) is 9.71. The summed E-state index contributed by atoms with van der Waals surface area (Å²) in [5.74, 6) is 0.146. The number of ether oxygens (including phenoxy) is 2. The Morgan fingerprint density at radius 1 is 1.07 bits per heavy atom. The zero-order chi connectivity index (χ0) is 19.9. The maximum absolute atomic E-state index is 12.5. The van der Waals surface area contributed by atoms with Crippen LogP contribution in [-0.2, 0) is 25.3 Å². The van der Waals surface area contributed by atoms with Gasteiger partial charge in [0.15, 0.2) is 0 Å². The minimum atomic E-state index is -0.481. The molecule has 2 aromatic carbocycles. The van der Waals surface area contributed by atoms with Gasteiger partial charge in [0.05, 0.1) is 11.0 Å². The van der Waals surface area contributed by atoms with Gasteiger partial charge in [0, 0.05) is 55.7 Å². The molecular weight excluding hydrogens is 370 g/mol. The van der Waals surface area contributed by atoms with Crippen molar-refractivity contribution in [2.45, 2.75) is 47.5 Å². The highest BCUT2D eigenvalue weighted by atomic mass is 32.2. The molecule has 2 aromatic rings. The van der Waals surface area contributed by atoms with Crippen LogP contribution in [0.25, 0.3) is 0 Å². The molecule has 2 aliphatic rings. The number of anilines is 1. The van der Waals surface area contributed by atoms with Gasteiger partial charge >= 0.3 is 0 Å². The summed E-state index contributed by atoms with van der Waals surface area (Å²) in [5.41, 5.74) is 2.57. The van der Waals surface area contributed by atoms with Crippen LogP contribution in [0.5, 0.6) is 0 Å². The predicted molar refractivity (Wildman–Crippen MR) is 112 cm³/mol. The molecule has 0 N–H and O–H groups in total. The van der Waals surface area contributed by atoms with Crippen LogP contribution in [0.4, 0.5) is 5.69 Å². The molecule has 4 nitrogen and oxygen atoms in total. The fourth-order valence-electron chi connectivity index (χ4n) is 4.31. The molecule has 0 spiro atoms. The lowest BCUT2D eigenvalue weighted by Crippen LogP contribution is -2.35. The van der Waals surface area contributed by atoms with Crippen molar-refractivity contribution in [3.63, 3.8) is 0 Å². The lowest BCUT2D eigenvalue weighted by atomic mass is 9.86. The molecule has 2 aliphatic heterocycles. The minimum absolute atomic E-state index is 0.146. The molecule has 28 heavy (non-hydrogen) atoms. The van der Waals surface area contributed by atoms with Crippen molar-refractivity contribution >= 4 is 23.4 Å². The fraction of sp³-hybridized carbons (Fsp3) is 0.435. The highest BCUT2D eigenvalue weighted by Crippen LogP contribution is 2.44. The van der Waals surface area contributed by atoms with Crippen LogP contribution in [0.3, 0.4) is 0 Å². The Labute approximate surface area is 171 Å². The van der Waals surface area contributed by atoms with Crippen LogP contribution in [0.2, 0.25) is 0 Å². The molecule has 1 amide bonds. The first kappa shape index (κ1) is 19.5. The number of rotatable bonds is 4. The van der Waals surface area contributed by atoms with E-state index in [0.717, 1.165) is 42.2 Å². The predicted octanol–water partition coefficient (Wildman–Crippen LogP) is 4.74. The van der Waals surface area contributed by atoms with Crippen molar-refractivity contribution in [1.29, 1.82) is 0 Å². The summed E-state index contributed by atoms with van der Waals surface area (Å²) >= 11 is 1.73. The summed E-state index contributed by atoms with van der Waals surface area (Å²) in [5, 5.41) is 0. The number of hydrogen-bond acceptors (Lipinski definition) is 4. The van der Waals surface area contributed by atoms with Gasteiger partial charge in [0.2, 0.25) is 5.91 Å². The average Bonchev–Trinajstić information content (AvgIpc) is 2.89. The standard InChI is InChI=1S/C23H27NO3S/c1-22(2)19-15-18(8-9-20(19)24(3)21(22)25)28-17-7-5-6-16(14-17)23(26-4)10-12-27-13-11-23/h5-9,14-15H,10-13H2,1-4H3. The van der Waals surface area contributed by atoms with Crippen molar-refractivity contribution in [3.8, 4) is 0 Å². The van der Waals surface area contributed by atoms with Gasteiger partial charge in [-0.25, -0.2) is 0 Å². The highest BCUT2D eigenvalue weighted by Gasteiger charge is 2.42. The molecule has 0 bridgehead atoms. The van der Waals surface area contributed by atoms with Crippen molar-refractivity contribution in [2.24, 2.45) is 0 Å². The van der Waals surface area contributed by atoms with E-state index in [-0.39, 0.29) is 11.5 Å². The summed E-state index contributed by atoms with van der Waals surface area (Å²) in [6.45, 7) is 5.46. The molecule has 1 saturated heterocycles. The van der Waals surface area contributed by atoms with Crippen LogP contribution in [0.1, 0.15) is 37.8 Å². The van der Waals surface area contributed by atoms with Gasteiger partial charge in [-0.15, -0.1) is 0 Å². The quantitative estimate of drug-likeness (QED) is 0.747. The van der Waals surface area contributed by atoms with Gasteiger partial charge in [0.25, 0.3) is 0 Å². The third-order valence-electron chi connectivity index (χ3n) is 6.13. The van der Waals surface area contributed by atoms with E-state index in [0.29, 0.717) is 0 Å². The number of benzene rings is 2. The third kappa shape index (κ3) is 3.15. The van der Waals surface area contributed by atoms with E-state index in [2.05, 4.69) is 42.5 Å². The maximum atomic E-state index is 12.5. The van der Waals surface area contributed by atoms with Crippen LogP contribution in [0.15, 0.2) is 52.3 Å². The van der Waals surface area contributed by atoms with E-state index in [1.165, 1.54) is 10.5 Å². The van der Waals surface area contributed by atoms with Crippen LogP contribution in [-0.4, -0.2) is 33.3 Å². The van der Waals surface area contributed by atoms with Gasteiger partial charge in [-0.1, -0.05) is 23.9 Å². The van der Waals surface area contributed by atoms with Crippen molar-refractivity contribution in [3.05, 3.63) is 53.6 Å². The number of amides is 1. The second kappa shape index (κ2) is 7.21. The van der Waals surface area contributed by atoms with E-state index in [1.54, 1.807) is 23.8 Å². The number of fused-ring (bicyclic) bond motifs is 1. The van der Waals surface area contributed by atoms with E-state index >= 15 is 0 Å². The third-order valence-corrected chi connectivity index (χ3v) is 7.11. The van der Waals surface area contributed by atoms with Crippen molar-refractivity contribution < 1.29 is 14.3 Å². The van der Waals surface area contributed by atoms with E-state index in [1.807, 2.05) is 20.9 Å². The second-order valence-corrected chi connectivity index (χ2v) is 9.26. The second-order valence-electron chi connectivity index (χ2n) is 8.11.